The number of carbonyl (C=O) groups excluding carboxylic acids is 1. The third-order valence-electron chi connectivity index (χ3n) is 6.09. The molecule has 2 aromatic heterocycles. The summed E-state index contributed by atoms with van der Waals surface area (Å²) in [4.78, 5) is 19.8. The van der Waals surface area contributed by atoms with Crippen molar-refractivity contribution < 1.29 is 9.21 Å². The third-order valence-corrected chi connectivity index (χ3v) is 6.90. The van der Waals surface area contributed by atoms with E-state index in [0.717, 1.165) is 47.9 Å². The van der Waals surface area contributed by atoms with Crippen LogP contribution in [-0.4, -0.2) is 39.1 Å². The lowest BCUT2D eigenvalue weighted by Crippen LogP contribution is -2.33. The second-order valence-corrected chi connectivity index (χ2v) is 9.74. The number of thiazole rings is 1. The van der Waals surface area contributed by atoms with E-state index in [2.05, 4.69) is 32.3 Å². The van der Waals surface area contributed by atoms with Crippen molar-refractivity contribution in [2.75, 3.05) is 18.4 Å². The lowest BCUT2D eigenvalue weighted by molar-refractivity contribution is 0.102. The molecule has 1 atom stereocenters. The number of benzene rings is 2. The van der Waals surface area contributed by atoms with E-state index in [-0.39, 0.29) is 5.91 Å². The Kier molecular flexibility index (Phi) is 6.51. The molecule has 0 radical (unpaired) electrons. The van der Waals surface area contributed by atoms with Crippen molar-refractivity contribution in [3.63, 3.8) is 0 Å². The van der Waals surface area contributed by atoms with Crippen molar-refractivity contribution in [2.45, 2.75) is 33.2 Å². The second-order valence-electron chi connectivity index (χ2n) is 8.89. The maximum Gasteiger partial charge on any atom is 0.257 e. The van der Waals surface area contributed by atoms with E-state index < -0.39 is 0 Å². The zero-order valence-electron chi connectivity index (χ0n) is 19.3. The molecule has 5 rings (SSSR count). The zero-order chi connectivity index (χ0) is 23.5. The van der Waals surface area contributed by atoms with Gasteiger partial charge in [-0.15, -0.1) is 21.5 Å². The first-order chi connectivity index (χ1) is 16.5. The number of rotatable bonds is 6. The lowest BCUT2D eigenvalue weighted by atomic mass is 10.0. The molecule has 1 fully saturated rings. The van der Waals surface area contributed by atoms with Gasteiger partial charge in [0.15, 0.2) is 5.13 Å². The van der Waals surface area contributed by atoms with E-state index >= 15 is 0 Å². The van der Waals surface area contributed by atoms with Crippen LogP contribution in [0.4, 0.5) is 5.13 Å². The minimum Gasteiger partial charge on any atom is -0.416 e. The number of aryl methyl sites for hydroxylation is 1. The van der Waals surface area contributed by atoms with E-state index in [1.807, 2.05) is 48.7 Å². The van der Waals surface area contributed by atoms with Crippen LogP contribution in [-0.2, 0) is 6.54 Å². The van der Waals surface area contributed by atoms with E-state index in [1.54, 1.807) is 12.1 Å². The highest BCUT2D eigenvalue weighted by atomic mass is 32.1. The van der Waals surface area contributed by atoms with Gasteiger partial charge in [0.05, 0.1) is 5.69 Å². The molecule has 1 unspecified atom stereocenters. The van der Waals surface area contributed by atoms with Crippen LogP contribution in [0.1, 0.15) is 41.4 Å². The van der Waals surface area contributed by atoms with Gasteiger partial charge >= 0.3 is 0 Å². The number of hydrogen-bond acceptors (Lipinski definition) is 7. The number of anilines is 1. The molecular weight excluding hydrogens is 446 g/mol. The Bertz CT molecular complexity index is 1280. The average molecular weight is 474 g/mol. The van der Waals surface area contributed by atoms with Crippen molar-refractivity contribution >= 4 is 22.4 Å². The summed E-state index contributed by atoms with van der Waals surface area (Å²) in [6.45, 7) is 7.36. The minimum absolute atomic E-state index is 0.190. The summed E-state index contributed by atoms with van der Waals surface area (Å²) >= 11 is 1.46. The summed E-state index contributed by atoms with van der Waals surface area (Å²) in [5.41, 5.74) is 4.29. The highest BCUT2D eigenvalue weighted by Gasteiger charge is 2.18. The number of amides is 1. The normalized spacial score (nSPS) is 16.5. The Labute approximate surface area is 202 Å². The molecule has 1 aliphatic heterocycles. The van der Waals surface area contributed by atoms with Crippen LogP contribution in [0.3, 0.4) is 0 Å². The lowest BCUT2D eigenvalue weighted by Gasteiger charge is -2.30. The molecule has 1 aliphatic rings. The SMILES string of the molecule is Cc1ccccc1-c1nnc(-c2ccc(C(=O)Nc3nc(CN4CCCC(C)C4)cs3)cc2)o1. The van der Waals surface area contributed by atoms with Crippen molar-refractivity contribution in [1.29, 1.82) is 0 Å². The average Bonchev–Trinajstić information content (AvgIpc) is 3.49. The van der Waals surface area contributed by atoms with E-state index in [9.17, 15) is 4.79 Å². The van der Waals surface area contributed by atoms with Gasteiger partial charge in [0.25, 0.3) is 5.91 Å². The largest absolute Gasteiger partial charge is 0.416 e. The number of carbonyl (C=O) groups is 1. The molecular formula is C26H27N5O2S. The zero-order valence-corrected chi connectivity index (χ0v) is 20.1. The van der Waals surface area contributed by atoms with Crippen LogP contribution in [0.5, 0.6) is 0 Å². The summed E-state index contributed by atoms with van der Waals surface area (Å²) in [5, 5.41) is 13.9. The minimum atomic E-state index is -0.190. The van der Waals surface area contributed by atoms with Gasteiger partial charge in [-0.1, -0.05) is 25.1 Å². The fraction of sp³-hybridized carbons (Fsp3) is 0.308. The molecule has 174 valence electrons. The van der Waals surface area contributed by atoms with Crippen LogP contribution >= 0.6 is 11.3 Å². The molecule has 8 heteroatoms. The van der Waals surface area contributed by atoms with Crippen molar-refractivity contribution in [1.82, 2.24) is 20.1 Å². The summed E-state index contributed by atoms with van der Waals surface area (Å²) in [7, 11) is 0. The molecule has 34 heavy (non-hydrogen) atoms. The summed E-state index contributed by atoms with van der Waals surface area (Å²) < 4.78 is 5.87. The van der Waals surface area contributed by atoms with Crippen molar-refractivity contribution in [3.05, 3.63) is 70.7 Å². The molecule has 0 saturated carbocycles. The molecule has 2 aromatic carbocycles. The highest BCUT2D eigenvalue weighted by molar-refractivity contribution is 7.14. The summed E-state index contributed by atoms with van der Waals surface area (Å²) in [5.74, 6) is 1.44. The number of piperidine rings is 1. The Morgan fingerprint density at radius 2 is 1.94 bits per heavy atom. The van der Waals surface area contributed by atoms with Gasteiger partial charge in [-0.25, -0.2) is 4.98 Å². The first-order valence-electron chi connectivity index (χ1n) is 11.5. The predicted octanol–water partition coefficient (Wildman–Crippen LogP) is 5.65. The van der Waals surface area contributed by atoms with Gasteiger partial charge in [0.1, 0.15) is 0 Å². The molecule has 0 bridgehead atoms. The van der Waals surface area contributed by atoms with Crippen LogP contribution in [0, 0.1) is 12.8 Å². The maximum absolute atomic E-state index is 12.7. The molecule has 1 N–H and O–H groups in total. The fourth-order valence-corrected chi connectivity index (χ4v) is 4.99. The Morgan fingerprint density at radius 3 is 2.74 bits per heavy atom. The summed E-state index contributed by atoms with van der Waals surface area (Å²) in [6, 6.07) is 15.0. The van der Waals surface area contributed by atoms with Crippen molar-refractivity contribution in [3.8, 4) is 22.9 Å². The highest BCUT2D eigenvalue weighted by Crippen LogP contribution is 2.26. The molecule has 1 amide bonds. The number of nitrogens with zero attached hydrogens (tertiary/aromatic N) is 4. The van der Waals surface area contributed by atoms with Gasteiger partial charge < -0.3 is 4.42 Å². The first-order valence-corrected chi connectivity index (χ1v) is 12.4. The van der Waals surface area contributed by atoms with Gasteiger partial charge in [0.2, 0.25) is 11.8 Å². The Morgan fingerprint density at radius 1 is 1.15 bits per heavy atom. The van der Waals surface area contributed by atoms with Crippen LogP contribution in [0.2, 0.25) is 0 Å². The van der Waals surface area contributed by atoms with Gasteiger partial charge in [-0.05, 0) is 68.1 Å². The van der Waals surface area contributed by atoms with Gasteiger partial charge in [-0.2, -0.15) is 0 Å². The molecule has 0 aliphatic carbocycles. The van der Waals surface area contributed by atoms with E-state index in [1.165, 1.54) is 24.2 Å². The molecule has 7 nitrogen and oxygen atoms in total. The number of likely N-dealkylation sites (tertiary alicyclic amines) is 1. The van der Waals surface area contributed by atoms with Gasteiger partial charge in [0, 0.05) is 35.2 Å². The third kappa shape index (κ3) is 5.08. The van der Waals surface area contributed by atoms with Gasteiger partial charge in [-0.3, -0.25) is 15.0 Å². The number of aromatic nitrogens is 3. The maximum atomic E-state index is 12.7. The topological polar surface area (TPSA) is 84.2 Å². The van der Waals surface area contributed by atoms with Crippen LogP contribution in [0.15, 0.2) is 58.3 Å². The number of hydrogen-bond donors (Lipinski definition) is 1. The first kappa shape index (κ1) is 22.4. The van der Waals surface area contributed by atoms with Crippen LogP contribution in [0.25, 0.3) is 22.9 Å². The molecule has 3 heterocycles. The quantitative estimate of drug-likeness (QED) is 0.389. The smallest absolute Gasteiger partial charge is 0.257 e. The van der Waals surface area contributed by atoms with E-state index in [4.69, 9.17) is 4.42 Å². The number of nitrogens with one attached hydrogen (secondary N) is 1. The summed E-state index contributed by atoms with van der Waals surface area (Å²) in [6.07, 6.45) is 2.54. The van der Waals surface area contributed by atoms with Crippen LogP contribution < -0.4 is 5.32 Å². The predicted molar refractivity (Wildman–Crippen MR) is 134 cm³/mol. The standard InChI is InChI=1S/C26H27N5O2S/c1-17-6-5-13-31(14-17)15-21-16-34-26(27-21)28-23(32)19-9-11-20(12-10-19)24-29-30-25(33-24)22-8-4-3-7-18(22)2/h3-4,7-12,16-17H,5-6,13-15H2,1-2H3,(H,27,28,32). The molecule has 1 saturated heterocycles. The van der Waals surface area contributed by atoms with Crippen molar-refractivity contribution in [2.24, 2.45) is 5.92 Å². The Hall–Kier alpha value is -3.36. The second kappa shape index (κ2) is 9.87. The van der Waals surface area contributed by atoms with E-state index in [0.29, 0.717) is 22.5 Å². The molecule has 0 spiro atoms. The monoisotopic (exact) mass is 473 g/mol. The Balaban J connectivity index is 1.22. The fourth-order valence-electron chi connectivity index (χ4n) is 4.29. The molecule has 4 aromatic rings.